The van der Waals surface area contributed by atoms with E-state index in [0.717, 1.165) is 12.1 Å². The molecule has 2 aromatic rings. The number of carbonyl (C=O) groups excluding carboxylic acids is 1. The molecular formula is C12H12F3N5O. The molecule has 2 aromatic heterocycles. The van der Waals surface area contributed by atoms with E-state index >= 15 is 0 Å². The highest BCUT2D eigenvalue weighted by molar-refractivity contribution is 5.97. The Balaban J connectivity index is 2.16. The van der Waals surface area contributed by atoms with E-state index in [1.807, 2.05) is 0 Å². The van der Waals surface area contributed by atoms with Crippen LogP contribution < -0.4 is 11.1 Å². The van der Waals surface area contributed by atoms with Crippen LogP contribution in [0, 0.1) is 0 Å². The minimum absolute atomic E-state index is 0.0940. The number of hydrogen-bond donors (Lipinski definition) is 2. The van der Waals surface area contributed by atoms with Crippen LogP contribution in [0.4, 0.5) is 19.0 Å². The van der Waals surface area contributed by atoms with Crippen LogP contribution in [0.2, 0.25) is 0 Å². The Morgan fingerprint density at radius 2 is 2.14 bits per heavy atom. The SMILES string of the molecule is NC(=O)c1ccc(C(F)(F)F)nc1NCCn1cccn1. The maximum Gasteiger partial charge on any atom is 0.433 e. The maximum absolute atomic E-state index is 12.6. The lowest BCUT2D eigenvalue weighted by atomic mass is 10.2. The van der Waals surface area contributed by atoms with Crippen molar-refractivity contribution in [3.05, 3.63) is 41.9 Å². The van der Waals surface area contributed by atoms with Crippen LogP contribution in [0.1, 0.15) is 16.1 Å². The average Bonchev–Trinajstić information content (AvgIpc) is 2.90. The van der Waals surface area contributed by atoms with Gasteiger partial charge in [0.25, 0.3) is 5.91 Å². The predicted octanol–water partition coefficient (Wildman–Crippen LogP) is 1.51. The summed E-state index contributed by atoms with van der Waals surface area (Å²) in [4.78, 5) is 14.6. The molecule has 0 bridgehead atoms. The number of nitrogens with one attached hydrogen (secondary N) is 1. The minimum Gasteiger partial charge on any atom is -0.368 e. The number of aromatic nitrogens is 3. The molecule has 6 nitrogen and oxygen atoms in total. The summed E-state index contributed by atoms with van der Waals surface area (Å²) >= 11 is 0. The number of pyridine rings is 1. The van der Waals surface area contributed by atoms with Crippen LogP contribution in [-0.4, -0.2) is 27.2 Å². The molecule has 1 amide bonds. The molecule has 0 saturated carbocycles. The summed E-state index contributed by atoms with van der Waals surface area (Å²) in [6, 6.07) is 3.45. The van der Waals surface area contributed by atoms with Gasteiger partial charge in [-0.3, -0.25) is 9.48 Å². The normalized spacial score (nSPS) is 11.4. The van der Waals surface area contributed by atoms with Crippen molar-refractivity contribution >= 4 is 11.7 Å². The third-order valence-electron chi connectivity index (χ3n) is 2.64. The Morgan fingerprint density at radius 1 is 1.38 bits per heavy atom. The summed E-state index contributed by atoms with van der Waals surface area (Å²) in [5, 5.41) is 6.62. The van der Waals surface area contributed by atoms with Gasteiger partial charge in [0.1, 0.15) is 11.5 Å². The highest BCUT2D eigenvalue weighted by Gasteiger charge is 2.33. The molecule has 0 aliphatic carbocycles. The van der Waals surface area contributed by atoms with Crippen LogP contribution >= 0.6 is 0 Å². The molecule has 0 spiro atoms. The average molecular weight is 299 g/mol. The molecule has 0 fully saturated rings. The van der Waals surface area contributed by atoms with E-state index in [-0.39, 0.29) is 17.9 Å². The number of amides is 1. The number of primary amides is 1. The number of hydrogen-bond acceptors (Lipinski definition) is 4. The number of alkyl halides is 3. The van der Waals surface area contributed by atoms with Crippen molar-refractivity contribution in [2.45, 2.75) is 12.7 Å². The third kappa shape index (κ3) is 3.71. The molecule has 0 aromatic carbocycles. The Bertz CT molecular complexity index is 624. The maximum atomic E-state index is 12.6. The zero-order chi connectivity index (χ0) is 15.5. The fraction of sp³-hybridized carbons (Fsp3) is 0.250. The lowest BCUT2D eigenvalue weighted by Crippen LogP contribution is -2.20. The van der Waals surface area contributed by atoms with Crippen molar-refractivity contribution in [1.82, 2.24) is 14.8 Å². The van der Waals surface area contributed by atoms with Gasteiger partial charge in [0.15, 0.2) is 0 Å². The molecule has 0 aliphatic rings. The van der Waals surface area contributed by atoms with Gasteiger partial charge in [-0.1, -0.05) is 0 Å². The van der Waals surface area contributed by atoms with Gasteiger partial charge in [0.05, 0.1) is 12.1 Å². The van der Waals surface area contributed by atoms with Gasteiger partial charge in [-0.25, -0.2) is 4.98 Å². The predicted molar refractivity (Wildman–Crippen MR) is 68.5 cm³/mol. The lowest BCUT2D eigenvalue weighted by molar-refractivity contribution is -0.141. The Kier molecular flexibility index (Phi) is 4.10. The topological polar surface area (TPSA) is 85.8 Å². The molecule has 0 unspecified atom stereocenters. The van der Waals surface area contributed by atoms with Crippen LogP contribution in [0.15, 0.2) is 30.6 Å². The second kappa shape index (κ2) is 5.81. The molecule has 0 saturated heterocycles. The molecule has 21 heavy (non-hydrogen) atoms. The Hall–Kier alpha value is -2.58. The Morgan fingerprint density at radius 3 is 2.71 bits per heavy atom. The van der Waals surface area contributed by atoms with E-state index in [2.05, 4.69) is 15.4 Å². The van der Waals surface area contributed by atoms with E-state index < -0.39 is 17.8 Å². The van der Waals surface area contributed by atoms with Crippen molar-refractivity contribution < 1.29 is 18.0 Å². The van der Waals surface area contributed by atoms with Gasteiger partial charge in [-0.05, 0) is 18.2 Å². The molecule has 112 valence electrons. The molecule has 9 heteroatoms. The Labute approximate surface area is 117 Å². The van der Waals surface area contributed by atoms with E-state index in [4.69, 9.17) is 5.73 Å². The van der Waals surface area contributed by atoms with E-state index in [1.54, 1.807) is 23.1 Å². The number of carbonyl (C=O) groups is 1. The zero-order valence-electron chi connectivity index (χ0n) is 10.8. The monoisotopic (exact) mass is 299 g/mol. The molecule has 2 heterocycles. The van der Waals surface area contributed by atoms with Gasteiger partial charge < -0.3 is 11.1 Å². The minimum atomic E-state index is -4.59. The summed E-state index contributed by atoms with van der Waals surface area (Å²) in [7, 11) is 0. The number of halogens is 3. The molecule has 0 atom stereocenters. The summed E-state index contributed by atoms with van der Waals surface area (Å²) in [5.41, 5.74) is 3.94. The molecule has 0 aliphatic heterocycles. The molecule has 3 N–H and O–H groups in total. The smallest absolute Gasteiger partial charge is 0.368 e. The quantitative estimate of drug-likeness (QED) is 0.876. The highest BCUT2D eigenvalue weighted by Crippen LogP contribution is 2.29. The number of nitrogens with two attached hydrogens (primary N) is 1. The third-order valence-corrected chi connectivity index (χ3v) is 2.64. The number of anilines is 1. The summed E-state index contributed by atoms with van der Waals surface area (Å²) in [6.45, 7) is 0.652. The van der Waals surface area contributed by atoms with Gasteiger partial charge in [-0.15, -0.1) is 0 Å². The van der Waals surface area contributed by atoms with Crippen molar-refractivity contribution in [3.63, 3.8) is 0 Å². The van der Waals surface area contributed by atoms with Gasteiger partial charge in [0, 0.05) is 18.9 Å². The summed E-state index contributed by atoms with van der Waals surface area (Å²) in [6.07, 6.45) is -1.30. The van der Waals surface area contributed by atoms with E-state index in [0.29, 0.717) is 6.54 Å². The second-order valence-corrected chi connectivity index (χ2v) is 4.15. The van der Waals surface area contributed by atoms with E-state index in [1.165, 1.54) is 0 Å². The van der Waals surface area contributed by atoms with Gasteiger partial charge in [0.2, 0.25) is 0 Å². The number of rotatable bonds is 5. The van der Waals surface area contributed by atoms with Crippen LogP contribution in [0.3, 0.4) is 0 Å². The zero-order valence-corrected chi connectivity index (χ0v) is 10.8. The first-order valence-electron chi connectivity index (χ1n) is 5.97. The fourth-order valence-corrected chi connectivity index (χ4v) is 1.67. The van der Waals surface area contributed by atoms with Crippen molar-refractivity contribution in [1.29, 1.82) is 0 Å². The standard InChI is InChI=1S/C12H12F3N5O/c13-12(14,15)9-3-2-8(10(16)21)11(19-9)17-5-7-20-6-1-4-18-20/h1-4,6H,5,7H2,(H2,16,21)(H,17,19). The van der Waals surface area contributed by atoms with Gasteiger partial charge in [-0.2, -0.15) is 18.3 Å². The van der Waals surface area contributed by atoms with Crippen LogP contribution in [0.25, 0.3) is 0 Å². The first kappa shape index (κ1) is 14.8. The van der Waals surface area contributed by atoms with Crippen molar-refractivity contribution in [2.75, 3.05) is 11.9 Å². The second-order valence-electron chi connectivity index (χ2n) is 4.15. The van der Waals surface area contributed by atoms with Gasteiger partial charge >= 0.3 is 6.18 Å². The van der Waals surface area contributed by atoms with Crippen molar-refractivity contribution in [2.24, 2.45) is 5.73 Å². The van der Waals surface area contributed by atoms with Crippen molar-refractivity contribution in [3.8, 4) is 0 Å². The lowest BCUT2D eigenvalue weighted by Gasteiger charge is -2.12. The summed E-state index contributed by atoms with van der Waals surface area (Å²) < 4.78 is 39.5. The molecule has 2 rings (SSSR count). The van der Waals surface area contributed by atoms with Crippen LogP contribution in [0.5, 0.6) is 0 Å². The first-order chi connectivity index (χ1) is 9.88. The van der Waals surface area contributed by atoms with Crippen LogP contribution in [-0.2, 0) is 12.7 Å². The largest absolute Gasteiger partial charge is 0.433 e. The summed E-state index contributed by atoms with van der Waals surface area (Å²) in [5.74, 6) is -1.04. The molecule has 0 radical (unpaired) electrons. The molecular weight excluding hydrogens is 287 g/mol. The number of nitrogens with zero attached hydrogens (tertiary/aromatic N) is 3. The highest BCUT2D eigenvalue weighted by atomic mass is 19.4. The van der Waals surface area contributed by atoms with E-state index in [9.17, 15) is 18.0 Å². The fourth-order valence-electron chi connectivity index (χ4n) is 1.67. The first-order valence-corrected chi connectivity index (χ1v) is 5.97.